The van der Waals surface area contributed by atoms with Gasteiger partial charge in [-0.3, -0.25) is 4.79 Å². The number of ether oxygens (including phenoxy) is 2. The van der Waals surface area contributed by atoms with Crippen LogP contribution in [-0.2, 0) is 7.05 Å². The zero-order chi connectivity index (χ0) is 16.2. The summed E-state index contributed by atoms with van der Waals surface area (Å²) < 4.78 is 12.9. The molecule has 0 atom stereocenters. The second kappa shape index (κ2) is 6.86. The molecule has 1 aliphatic rings. The monoisotopic (exact) mass is 314 g/mol. The third-order valence-corrected chi connectivity index (χ3v) is 4.26. The van der Waals surface area contributed by atoms with Crippen LogP contribution in [0.5, 0.6) is 11.5 Å². The maximum absolute atomic E-state index is 11.8. The summed E-state index contributed by atoms with van der Waals surface area (Å²) >= 11 is 0. The Morgan fingerprint density at radius 2 is 1.87 bits per heavy atom. The maximum atomic E-state index is 11.8. The van der Waals surface area contributed by atoms with Crippen molar-refractivity contribution >= 4 is 0 Å². The molecule has 1 fully saturated rings. The Bertz CT molecular complexity index is 733. The van der Waals surface area contributed by atoms with Gasteiger partial charge in [0.15, 0.2) is 5.75 Å². The first-order valence-corrected chi connectivity index (χ1v) is 8.07. The zero-order valence-corrected chi connectivity index (χ0v) is 13.6. The van der Waals surface area contributed by atoms with Crippen LogP contribution in [0.1, 0.15) is 32.1 Å². The van der Waals surface area contributed by atoms with E-state index >= 15 is 0 Å². The summed E-state index contributed by atoms with van der Waals surface area (Å²) in [6.07, 6.45) is 6.15. The molecular weight excluding hydrogens is 292 g/mol. The molecule has 5 heteroatoms. The van der Waals surface area contributed by atoms with Crippen LogP contribution in [0.4, 0.5) is 0 Å². The Morgan fingerprint density at radius 1 is 1.13 bits per heavy atom. The molecule has 1 saturated carbocycles. The molecule has 0 N–H and O–H groups in total. The first kappa shape index (κ1) is 15.6. The van der Waals surface area contributed by atoms with Crippen molar-refractivity contribution in [3.63, 3.8) is 0 Å². The van der Waals surface area contributed by atoms with E-state index in [0.29, 0.717) is 11.4 Å². The highest BCUT2D eigenvalue weighted by molar-refractivity contribution is 5.71. The van der Waals surface area contributed by atoms with Crippen LogP contribution >= 0.6 is 0 Å². The molecule has 23 heavy (non-hydrogen) atoms. The molecule has 0 aliphatic heterocycles. The van der Waals surface area contributed by atoms with Crippen molar-refractivity contribution in [2.75, 3.05) is 7.11 Å². The Balaban J connectivity index is 2.00. The number of aromatic nitrogens is 2. The van der Waals surface area contributed by atoms with Crippen molar-refractivity contribution < 1.29 is 9.47 Å². The molecule has 1 aromatic carbocycles. The van der Waals surface area contributed by atoms with Crippen LogP contribution in [0.3, 0.4) is 0 Å². The van der Waals surface area contributed by atoms with E-state index in [9.17, 15) is 4.79 Å². The molecular formula is C18H22N2O3. The van der Waals surface area contributed by atoms with Crippen molar-refractivity contribution in [2.45, 2.75) is 38.2 Å². The topological polar surface area (TPSA) is 53.4 Å². The van der Waals surface area contributed by atoms with E-state index in [2.05, 4.69) is 5.10 Å². The lowest BCUT2D eigenvalue weighted by Crippen LogP contribution is -2.21. The van der Waals surface area contributed by atoms with E-state index in [4.69, 9.17) is 9.47 Å². The van der Waals surface area contributed by atoms with Gasteiger partial charge in [-0.25, -0.2) is 4.68 Å². The van der Waals surface area contributed by atoms with Crippen LogP contribution in [0.25, 0.3) is 11.3 Å². The minimum Gasteiger partial charge on any atom is -0.494 e. The van der Waals surface area contributed by atoms with Gasteiger partial charge in [0.1, 0.15) is 11.4 Å². The van der Waals surface area contributed by atoms with Gasteiger partial charge in [-0.1, -0.05) is 18.6 Å². The predicted molar refractivity (Wildman–Crippen MR) is 89.0 cm³/mol. The second-order valence-electron chi connectivity index (χ2n) is 5.90. The van der Waals surface area contributed by atoms with Gasteiger partial charge in [0.2, 0.25) is 0 Å². The SMILES string of the molecule is COc1cc(=O)n(C)nc1-c1ccccc1OC1CCCCC1. The van der Waals surface area contributed by atoms with E-state index in [1.54, 1.807) is 14.2 Å². The second-order valence-corrected chi connectivity index (χ2v) is 5.90. The third-order valence-electron chi connectivity index (χ3n) is 4.26. The average Bonchev–Trinajstić information content (AvgIpc) is 2.58. The molecule has 1 heterocycles. The summed E-state index contributed by atoms with van der Waals surface area (Å²) in [7, 11) is 3.18. The summed E-state index contributed by atoms with van der Waals surface area (Å²) in [6.45, 7) is 0. The molecule has 0 radical (unpaired) electrons. The van der Waals surface area contributed by atoms with Crippen molar-refractivity contribution in [3.8, 4) is 22.8 Å². The molecule has 0 spiro atoms. The lowest BCUT2D eigenvalue weighted by molar-refractivity contribution is 0.155. The average molecular weight is 314 g/mol. The molecule has 1 aromatic heterocycles. The Kier molecular flexibility index (Phi) is 4.65. The minimum atomic E-state index is -0.198. The quantitative estimate of drug-likeness (QED) is 0.870. The first-order chi connectivity index (χ1) is 11.2. The van der Waals surface area contributed by atoms with Gasteiger partial charge >= 0.3 is 0 Å². The fraction of sp³-hybridized carbons (Fsp3) is 0.444. The van der Waals surface area contributed by atoms with Crippen LogP contribution in [-0.4, -0.2) is 23.0 Å². The first-order valence-electron chi connectivity index (χ1n) is 8.07. The smallest absolute Gasteiger partial charge is 0.270 e. The van der Waals surface area contributed by atoms with Crippen LogP contribution < -0.4 is 15.0 Å². The van der Waals surface area contributed by atoms with Crippen LogP contribution in [0.15, 0.2) is 35.1 Å². The van der Waals surface area contributed by atoms with Crippen molar-refractivity contribution in [1.29, 1.82) is 0 Å². The highest BCUT2D eigenvalue weighted by Gasteiger charge is 2.19. The fourth-order valence-electron chi connectivity index (χ4n) is 2.99. The number of methoxy groups -OCH3 is 1. The van der Waals surface area contributed by atoms with Crippen LogP contribution in [0.2, 0.25) is 0 Å². The highest BCUT2D eigenvalue weighted by Crippen LogP contribution is 2.35. The Labute approximate surface area is 135 Å². The van der Waals surface area contributed by atoms with E-state index in [1.165, 1.54) is 30.0 Å². The Hall–Kier alpha value is -2.30. The van der Waals surface area contributed by atoms with Crippen molar-refractivity contribution in [2.24, 2.45) is 7.05 Å². The molecule has 2 aromatic rings. The standard InChI is InChI=1S/C18H22N2O3/c1-20-17(21)12-16(22-2)18(19-20)14-10-6-7-11-15(14)23-13-8-4-3-5-9-13/h6-7,10-13H,3-5,8-9H2,1-2H3. The number of hydrogen-bond donors (Lipinski definition) is 0. The van der Waals surface area contributed by atoms with Crippen LogP contribution in [0, 0.1) is 0 Å². The molecule has 0 amide bonds. The van der Waals surface area contributed by atoms with E-state index < -0.39 is 0 Å². The number of aryl methyl sites for hydroxylation is 1. The predicted octanol–water partition coefficient (Wildman–Crippen LogP) is 3.17. The van der Waals surface area contributed by atoms with Gasteiger partial charge < -0.3 is 9.47 Å². The van der Waals surface area contributed by atoms with Crippen molar-refractivity contribution in [1.82, 2.24) is 9.78 Å². The minimum absolute atomic E-state index is 0.198. The summed E-state index contributed by atoms with van der Waals surface area (Å²) in [5, 5.41) is 4.37. The van der Waals surface area contributed by atoms with Gasteiger partial charge in [-0.15, -0.1) is 0 Å². The molecule has 5 nitrogen and oxygen atoms in total. The summed E-state index contributed by atoms with van der Waals surface area (Å²) in [4.78, 5) is 11.8. The Morgan fingerprint density at radius 3 is 2.61 bits per heavy atom. The number of benzene rings is 1. The van der Waals surface area contributed by atoms with Gasteiger partial charge in [0.05, 0.1) is 13.2 Å². The number of nitrogens with zero attached hydrogens (tertiary/aromatic N) is 2. The van der Waals surface area contributed by atoms with Gasteiger partial charge in [0, 0.05) is 18.7 Å². The molecule has 0 saturated heterocycles. The lowest BCUT2D eigenvalue weighted by atomic mass is 9.97. The highest BCUT2D eigenvalue weighted by atomic mass is 16.5. The summed E-state index contributed by atoms with van der Waals surface area (Å²) in [5.41, 5.74) is 1.28. The third kappa shape index (κ3) is 3.38. The van der Waals surface area contributed by atoms with Crippen molar-refractivity contribution in [3.05, 3.63) is 40.7 Å². The molecule has 3 rings (SSSR count). The number of hydrogen-bond acceptors (Lipinski definition) is 4. The van der Waals surface area contributed by atoms with E-state index in [0.717, 1.165) is 24.2 Å². The lowest BCUT2D eigenvalue weighted by Gasteiger charge is -2.24. The normalized spacial score (nSPS) is 15.4. The summed E-state index contributed by atoms with van der Waals surface area (Å²) in [5.74, 6) is 1.26. The van der Waals surface area contributed by atoms with E-state index in [1.807, 2.05) is 24.3 Å². The van der Waals surface area contributed by atoms with Gasteiger partial charge in [-0.05, 0) is 37.8 Å². The van der Waals surface area contributed by atoms with Gasteiger partial charge in [0.25, 0.3) is 5.56 Å². The number of para-hydroxylation sites is 1. The molecule has 0 unspecified atom stereocenters. The molecule has 0 bridgehead atoms. The summed E-state index contributed by atoms with van der Waals surface area (Å²) in [6, 6.07) is 9.26. The largest absolute Gasteiger partial charge is 0.494 e. The fourth-order valence-corrected chi connectivity index (χ4v) is 2.99. The molecule has 1 aliphatic carbocycles. The van der Waals surface area contributed by atoms with Gasteiger partial charge in [-0.2, -0.15) is 5.10 Å². The zero-order valence-electron chi connectivity index (χ0n) is 13.6. The van der Waals surface area contributed by atoms with E-state index in [-0.39, 0.29) is 11.7 Å². The number of rotatable bonds is 4. The molecule has 122 valence electrons. The maximum Gasteiger partial charge on any atom is 0.270 e.